The minimum Gasteiger partial charge on any atom is -0.388 e. The average Bonchev–Trinajstić information content (AvgIpc) is 2.71. The molecule has 2 nitrogen and oxygen atoms in total. The van der Waals surface area contributed by atoms with Crippen LogP contribution in [0.4, 0.5) is 4.39 Å². The van der Waals surface area contributed by atoms with Crippen molar-refractivity contribution in [2.24, 2.45) is 0 Å². The molecule has 1 aromatic carbocycles. The number of thioether (sulfide) groups is 1. The number of benzene rings is 1. The van der Waals surface area contributed by atoms with E-state index >= 15 is 0 Å². The van der Waals surface area contributed by atoms with Crippen molar-refractivity contribution in [3.8, 4) is 0 Å². The summed E-state index contributed by atoms with van der Waals surface area (Å²) in [6, 6.07) is 5.43. The van der Waals surface area contributed by atoms with Crippen LogP contribution in [0.5, 0.6) is 0 Å². The lowest BCUT2D eigenvalue weighted by molar-refractivity contribution is 0.0814. The monoisotopic (exact) mass is 269 g/mol. The van der Waals surface area contributed by atoms with Gasteiger partial charge < -0.3 is 10.4 Å². The lowest BCUT2D eigenvalue weighted by Crippen LogP contribution is -2.41. The van der Waals surface area contributed by atoms with Gasteiger partial charge in [-0.05, 0) is 43.2 Å². The average molecular weight is 269 g/mol. The molecule has 2 N–H and O–H groups in total. The van der Waals surface area contributed by atoms with Gasteiger partial charge in [-0.2, -0.15) is 11.8 Å². The van der Waals surface area contributed by atoms with Crippen LogP contribution >= 0.6 is 11.8 Å². The van der Waals surface area contributed by atoms with Crippen LogP contribution in [0.1, 0.15) is 30.5 Å². The number of aliphatic hydroxyl groups is 1. The molecule has 4 heteroatoms. The van der Waals surface area contributed by atoms with Crippen molar-refractivity contribution in [1.29, 1.82) is 0 Å². The van der Waals surface area contributed by atoms with Gasteiger partial charge in [-0.15, -0.1) is 0 Å². The number of hydrogen-bond acceptors (Lipinski definition) is 3. The van der Waals surface area contributed by atoms with Crippen LogP contribution in [-0.4, -0.2) is 29.3 Å². The normalized spacial score (nSPS) is 21.7. The Morgan fingerprint density at radius 1 is 1.56 bits per heavy atom. The van der Waals surface area contributed by atoms with E-state index in [2.05, 4.69) is 5.32 Å². The topological polar surface area (TPSA) is 32.3 Å². The predicted octanol–water partition coefficient (Wildman–Crippen LogP) is 2.52. The van der Waals surface area contributed by atoms with Gasteiger partial charge in [-0.1, -0.05) is 12.1 Å². The molecule has 18 heavy (non-hydrogen) atoms. The fourth-order valence-electron chi connectivity index (χ4n) is 2.53. The Balaban J connectivity index is 2.00. The van der Waals surface area contributed by atoms with Gasteiger partial charge in [0.15, 0.2) is 0 Å². The zero-order valence-corrected chi connectivity index (χ0v) is 11.7. The highest BCUT2D eigenvalue weighted by atomic mass is 32.2. The van der Waals surface area contributed by atoms with Crippen molar-refractivity contribution in [3.63, 3.8) is 0 Å². The van der Waals surface area contributed by atoms with E-state index in [0.717, 1.165) is 24.0 Å². The highest BCUT2D eigenvalue weighted by Crippen LogP contribution is 2.32. The smallest absolute Gasteiger partial charge is 0.126 e. The lowest BCUT2D eigenvalue weighted by Gasteiger charge is -2.25. The van der Waals surface area contributed by atoms with E-state index in [9.17, 15) is 9.50 Å². The molecule has 1 aromatic rings. The second-order valence-corrected chi connectivity index (χ2v) is 6.08. The summed E-state index contributed by atoms with van der Waals surface area (Å²) in [6.45, 7) is 2.37. The van der Waals surface area contributed by atoms with E-state index in [1.54, 1.807) is 17.8 Å². The predicted molar refractivity (Wildman–Crippen MR) is 74.5 cm³/mol. The molecule has 2 atom stereocenters. The van der Waals surface area contributed by atoms with Crippen molar-refractivity contribution in [3.05, 3.63) is 35.1 Å². The van der Waals surface area contributed by atoms with E-state index < -0.39 is 5.60 Å². The second kappa shape index (κ2) is 5.59. The van der Waals surface area contributed by atoms with E-state index in [-0.39, 0.29) is 11.9 Å². The van der Waals surface area contributed by atoms with Crippen molar-refractivity contribution in [2.45, 2.75) is 31.4 Å². The summed E-state index contributed by atoms with van der Waals surface area (Å²) in [7, 11) is 0. The van der Waals surface area contributed by atoms with Gasteiger partial charge in [0.2, 0.25) is 0 Å². The first kappa shape index (κ1) is 13.8. The Kier molecular flexibility index (Phi) is 4.30. The molecule has 2 unspecified atom stereocenters. The van der Waals surface area contributed by atoms with Crippen LogP contribution in [0.15, 0.2) is 18.2 Å². The Morgan fingerprint density at radius 2 is 2.33 bits per heavy atom. The molecule has 1 aliphatic carbocycles. The summed E-state index contributed by atoms with van der Waals surface area (Å²) in [5.41, 5.74) is 1.17. The Hall–Kier alpha value is -0.580. The fraction of sp³-hybridized carbons (Fsp3) is 0.571. The number of nitrogens with one attached hydrogen (secondary N) is 1. The number of rotatable bonds is 5. The standard InChI is InChI=1S/C14H20FNOS/c1-14(17,9-18-2)8-16-13-7-6-10-11(13)4-3-5-12(10)15/h3-5,13,16-17H,6-9H2,1-2H3. The third kappa shape index (κ3) is 3.05. The Bertz CT molecular complexity index is 422. The molecule has 100 valence electrons. The quantitative estimate of drug-likeness (QED) is 0.861. The Labute approximate surface area is 112 Å². The minimum absolute atomic E-state index is 0.104. The van der Waals surface area contributed by atoms with Crippen LogP contribution in [-0.2, 0) is 6.42 Å². The van der Waals surface area contributed by atoms with E-state index in [1.807, 2.05) is 19.2 Å². The van der Waals surface area contributed by atoms with E-state index in [4.69, 9.17) is 0 Å². The molecular formula is C14H20FNOS. The number of fused-ring (bicyclic) bond motifs is 1. The highest BCUT2D eigenvalue weighted by Gasteiger charge is 2.27. The summed E-state index contributed by atoms with van der Waals surface area (Å²) >= 11 is 1.63. The molecule has 0 fully saturated rings. The number of hydrogen-bond donors (Lipinski definition) is 2. The first-order valence-electron chi connectivity index (χ1n) is 6.25. The maximum Gasteiger partial charge on any atom is 0.126 e. The van der Waals surface area contributed by atoms with E-state index in [0.29, 0.717) is 12.3 Å². The van der Waals surface area contributed by atoms with Crippen molar-refractivity contribution >= 4 is 11.8 Å². The van der Waals surface area contributed by atoms with Gasteiger partial charge >= 0.3 is 0 Å². The third-order valence-electron chi connectivity index (χ3n) is 3.40. The van der Waals surface area contributed by atoms with Crippen LogP contribution in [0.25, 0.3) is 0 Å². The summed E-state index contributed by atoms with van der Waals surface area (Å²) in [6.07, 6.45) is 3.67. The largest absolute Gasteiger partial charge is 0.388 e. The maximum atomic E-state index is 13.6. The fourth-order valence-corrected chi connectivity index (χ4v) is 3.25. The molecule has 2 rings (SSSR count). The molecule has 0 radical (unpaired) electrons. The van der Waals surface area contributed by atoms with Crippen LogP contribution in [0.2, 0.25) is 0 Å². The molecule has 0 saturated carbocycles. The summed E-state index contributed by atoms with van der Waals surface area (Å²) < 4.78 is 13.6. The first-order valence-corrected chi connectivity index (χ1v) is 7.65. The van der Waals surface area contributed by atoms with Gasteiger partial charge in [-0.3, -0.25) is 0 Å². The third-order valence-corrected chi connectivity index (χ3v) is 4.31. The molecule has 0 amide bonds. The first-order chi connectivity index (χ1) is 8.53. The SMILES string of the molecule is CSCC(C)(O)CNC1CCc2c(F)cccc21. The van der Waals surface area contributed by atoms with Gasteiger partial charge in [0.05, 0.1) is 5.60 Å². The van der Waals surface area contributed by atoms with Crippen molar-refractivity contribution in [1.82, 2.24) is 5.32 Å². The van der Waals surface area contributed by atoms with Crippen LogP contribution < -0.4 is 5.32 Å². The molecule has 0 heterocycles. The van der Waals surface area contributed by atoms with Crippen molar-refractivity contribution in [2.75, 3.05) is 18.6 Å². The minimum atomic E-state index is -0.713. The number of halogens is 1. The van der Waals surface area contributed by atoms with Crippen LogP contribution in [0.3, 0.4) is 0 Å². The second-order valence-electron chi connectivity index (χ2n) is 5.21. The Morgan fingerprint density at radius 3 is 3.06 bits per heavy atom. The summed E-state index contributed by atoms with van der Waals surface area (Å²) in [5, 5.41) is 13.5. The van der Waals surface area contributed by atoms with Crippen LogP contribution in [0, 0.1) is 5.82 Å². The molecule has 0 aromatic heterocycles. The highest BCUT2D eigenvalue weighted by molar-refractivity contribution is 7.98. The van der Waals surface area contributed by atoms with Gasteiger partial charge in [0, 0.05) is 18.3 Å². The molecule has 0 spiro atoms. The zero-order chi connectivity index (χ0) is 13.2. The summed E-state index contributed by atoms with van der Waals surface area (Å²) in [4.78, 5) is 0. The molecule has 0 aliphatic heterocycles. The van der Waals surface area contributed by atoms with Gasteiger partial charge in [0.1, 0.15) is 5.82 Å². The zero-order valence-electron chi connectivity index (χ0n) is 10.9. The molecule has 1 aliphatic rings. The van der Waals surface area contributed by atoms with Crippen molar-refractivity contribution < 1.29 is 9.50 Å². The lowest BCUT2D eigenvalue weighted by atomic mass is 10.1. The summed E-state index contributed by atoms with van der Waals surface area (Å²) in [5.74, 6) is 0.593. The van der Waals surface area contributed by atoms with Gasteiger partial charge in [0.25, 0.3) is 0 Å². The molecule has 0 saturated heterocycles. The van der Waals surface area contributed by atoms with Gasteiger partial charge in [-0.25, -0.2) is 4.39 Å². The molecular weight excluding hydrogens is 249 g/mol. The molecule has 0 bridgehead atoms. The maximum absolute atomic E-state index is 13.6. The van der Waals surface area contributed by atoms with E-state index in [1.165, 1.54) is 6.07 Å².